The lowest BCUT2D eigenvalue weighted by atomic mass is 9.47. The Labute approximate surface area is 155 Å². The molecular formula is C21H30N2O3. The van der Waals surface area contributed by atoms with Gasteiger partial charge >= 0.3 is 6.03 Å². The summed E-state index contributed by atoms with van der Waals surface area (Å²) in [5, 5.41) is 2.33. The van der Waals surface area contributed by atoms with E-state index in [1.54, 1.807) is 0 Å². The fourth-order valence-corrected chi connectivity index (χ4v) is 7.20. The van der Waals surface area contributed by atoms with E-state index in [0.717, 1.165) is 44.9 Å². The Kier molecular flexibility index (Phi) is 4.05. The van der Waals surface area contributed by atoms with Crippen LogP contribution in [0.4, 0.5) is 4.79 Å². The number of rotatable bonds is 1. The number of nitrogens with two attached hydrogens (primary N) is 1. The van der Waals surface area contributed by atoms with Crippen molar-refractivity contribution in [3.63, 3.8) is 0 Å². The minimum Gasteiger partial charge on any atom is -0.351 e. The molecule has 5 nitrogen and oxygen atoms in total. The van der Waals surface area contributed by atoms with Crippen LogP contribution in [0.2, 0.25) is 0 Å². The van der Waals surface area contributed by atoms with Crippen LogP contribution in [0.25, 0.3) is 0 Å². The Hall–Kier alpha value is -1.65. The van der Waals surface area contributed by atoms with Crippen molar-refractivity contribution in [2.45, 2.75) is 65.2 Å². The highest BCUT2D eigenvalue weighted by molar-refractivity contribution is 5.95. The van der Waals surface area contributed by atoms with Crippen LogP contribution < -0.4 is 11.1 Å². The van der Waals surface area contributed by atoms with Crippen LogP contribution in [0.1, 0.15) is 65.2 Å². The third-order valence-electron chi connectivity index (χ3n) is 8.52. The largest absolute Gasteiger partial charge is 0.351 e. The summed E-state index contributed by atoms with van der Waals surface area (Å²) in [5.74, 6) is 1.76. The molecule has 3 amide bonds. The van der Waals surface area contributed by atoms with E-state index >= 15 is 0 Å². The topological polar surface area (TPSA) is 89.3 Å². The smallest absolute Gasteiger partial charge is 0.318 e. The van der Waals surface area contributed by atoms with Crippen molar-refractivity contribution in [3.8, 4) is 0 Å². The second kappa shape index (κ2) is 5.93. The fourth-order valence-electron chi connectivity index (χ4n) is 7.20. The number of amides is 3. The number of carbonyl (C=O) groups is 3. The number of allylic oxidation sites excluding steroid dienone is 1. The average Bonchev–Trinajstić information content (AvgIpc) is 2.92. The van der Waals surface area contributed by atoms with Gasteiger partial charge in [0.15, 0.2) is 5.78 Å². The van der Waals surface area contributed by atoms with Gasteiger partial charge in [-0.15, -0.1) is 0 Å². The first-order valence-electron chi connectivity index (χ1n) is 10.1. The van der Waals surface area contributed by atoms with Gasteiger partial charge in [0.2, 0.25) is 5.91 Å². The van der Waals surface area contributed by atoms with E-state index in [-0.39, 0.29) is 22.7 Å². The molecule has 0 radical (unpaired) electrons. The Bertz CT molecular complexity index is 699. The van der Waals surface area contributed by atoms with E-state index in [2.05, 4.69) is 19.2 Å². The summed E-state index contributed by atoms with van der Waals surface area (Å²) >= 11 is 0. The minimum absolute atomic E-state index is 0.0389. The zero-order valence-corrected chi connectivity index (χ0v) is 15.8. The molecule has 0 aliphatic heterocycles. The summed E-state index contributed by atoms with van der Waals surface area (Å²) in [5.41, 5.74) is 6.67. The average molecular weight is 358 g/mol. The second-order valence-corrected chi connectivity index (χ2v) is 9.50. The lowest BCUT2D eigenvalue weighted by molar-refractivity contribution is -0.131. The highest BCUT2D eigenvalue weighted by Gasteiger charge is 2.60. The molecule has 0 spiro atoms. The van der Waals surface area contributed by atoms with Gasteiger partial charge in [0.05, 0.1) is 0 Å². The van der Waals surface area contributed by atoms with Crippen molar-refractivity contribution in [1.82, 2.24) is 5.32 Å². The number of primary amides is 1. The molecule has 0 aromatic heterocycles. The van der Waals surface area contributed by atoms with Gasteiger partial charge in [0.25, 0.3) is 0 Å². The third kappa shape index (κ3) is 2.46. The van der Waals surface area contributed by atoms with Gasteiger partial charge in [0, 0.05) is 12.3 Å². The molecule has 0 unspecified atom stereocenters. The van der Waals surface area contributed by atoms with Crippen LogP contribution >= 0.6 is 0 Å². The molecule has 3 saturated carbocycles. The molecule has 0 aromatic carbocycles. The molecule has 0 heterocycles. The Morgan fingerprint density at radius 1 is 1.08 bits per heavy atom. The molecule has 4 aliphatic rings. The van der Waals surface area contributed by atoms with Crippen molar-refractivity contribution in [2.24, 2.45) is 40.2 Å². The standard InChI is InChI=1S/C21H30N2O3/c1-20-9-7-13(24)11-12(20)3-4-14-15-5-6-17(18(25)23-19(22)26)21(15,2)10-8-16(14)20/h11,14-17H,3-10H2,1-2H3,(H3,22,23,25,26)/t14-,15-,16-,17+,20-,21-/m0/s1. The molecule has 6 atom stereocenters. The van der Waals surface area contributed by atoms with Crippen molar-refractivity contribution < 1.29 is 14.4 Å². The minimum atomic E-state index is -0.748. The van der Waals surface area contributed by atoms with E-state index < -0.39 is 6.03 Å². The van der Waals surface area contributed by atoms with Gasteiger partial charge in [-0.25, -0.2) is 4.79 Å². The normalized spacial score (nSPS) is 44.4. The summed E-state index contributed by atoms with van der Waals surface area (Å²) in [6.07, 6.45) is 9.78. The van der Waals surface area contributed by atoms with Gasteiger partial charge in [-0.2, -0.15) is 0 Å². The Balaban J connectivity index is 1.60. The Morgan fingerprint density at radius 3 is 2.58 bits per heavy atom. The fraction of sp³-hybridized carbons (Fsp3) is 0.762. The van der Waals surface area contributed by atoms with Crippen molar-refractivity contribution >= 4 is 17.7 Å². The first-order valence-corrected chi connectivity index (χ1v) is 10.1. The molecule has 142 valence electrons. The molecule has 0 saturated heterocycles. The van der Waals surface area contributed by atoms with Gasteiger partial charge < -0.3 is 5.73 Å². The maximum Gasteiger partial charge on any atom is 0.318 e. The second-order valence-electron chi connectivity index (χ2n) is 9.50. The van der Waals surface area contributed by atoms with Crippen LogP contribution in [0, 0.1) is 34.5 Å². The monoisotopic (exact) mass is 358 g/mol. The van der Waals surface area contributed by atoms with E-state index in [4.69, 9.17) is 5.73 Å². The number of ketones is 1. The van der Waals surface area contributed by atoms with Crippen LogP contribution in [-0.4, -0.2) is 17.7 Å². The van der Waals surface area contributed by atoms with Crippen LogP contribution in [0.3, 0.4) is 0 Å². The highest BCUT2D eigenvalue weighted by atomic mass is 16.2. The zero-order valence-electron chi connectivity index (χ0n) is 15.8. The quantitative estimate of drug-likeness (QED) is 0.753. The number of imide groups is 1. The lowest BCUT2D eigenvalue weighted by Crippen LogP contribution is -2.52. The molecule has 4 aliphatic carbocycles. The van der Waals surface area contributed by atoms with Gasteiger partial charge in [-0.3, -0.25) is 14.9 Å². The molecule has 26 heavy (non-hydrogen) atoms. The molecular weight excluding hydrogens is 328 g/mol. The van der Waals surface area contributed by atoms with Crippen LogP contribution in [-0.2, 0) is 9.59 Å². The molecule has 5 heteroatoms. The summed E-state index contributed by atoms with van der Waals surface area (Å²) in [6, 6.07) is -0.748. The zero-order chi connectivity index (χ0) is 18.7. The first kappa shape index (κ1) is 17.7. The van der Waals surface area contributed by atoms with E-state index in [1.165, 1.54) is 5.57 Å². The van der Waals surface area contributed by atoms with E-state index in [0.29, 0.717) is 30.0 Å². The van der Waals surface area contributed by atoms with Crippen molar-refractivity contribution in [3.05, 3.63) is 11.6 Å². The number of fused-ring (bicyclic) bond motifs is 5. The predicted octanol–water partition coefficient (Wildman–Crippen LogP) is 3.33. The number of urea groups is 1. The predicted molar refractivity (Wildman–Crippen MR) is 97.9 cm³/mol. The number of carbonyl (C=O) groups excluding carboxylic acids is 3. The molecule has 4 rings (SSSR count). The third-order valence-corrected chi connectivity index (χ3v) is 8.52. The van der Waals surface area contributed by atoms with Crippen LogP contribution in [0.15, 0.2) is 11.6 Å². The summed E-state index contributed by atoms with van der Waals surface area (Å²) < 4.78 is 0. The molecule has 3 fully saturated rings. The maximum absolute atomic E-state index is 12.5. The van der Waals surface area contributed by atoms with Crippen molar-refractivity contribution in [2.75, 3.05) is 0 Å². The number of nitrogens with one attached hydrogen (secondary N) is 1. The maximum atomic E-state index is 12.5. The molecule has 3 N–H and O–H groups in total. The van der Waals surface area contributed by atoms with E-state index in [1.807, 2.05) is 6.08 Å². The summed E-state index contributed by atoms with van der Waals surface area (Å²) in [6.45, 7) is 4.63. The Morgan fingerprint density at radius 2 is 1.85 bits per heavy atom. The van der Waals surface area contributed by atoms with E-state index in [9.17, 15) is 14.4 Å². The summed E-state index contributed by atoms with van der Waals surface area (Å²) in [4.78, 5) is 35.6. The van der Waals surface area contributed by atoms with Gasteiger partial charge in [-0.05, 0) is 79.6 Å². The lowest BCUT2D eigenvalue weighted by Gasteiger charge is -2.58. The highest BCUT2D eigenvalue weighted by Crippen LogP contribution is 2.66. The molecule has 0 bridgehead atoms. The number of hydrogen-bond donors (Lipinski definition) is 2. The SMILES string of the molecule is C[C@]12CC[C@H]3[C@@H](CCC4=CC(=O)CC[C@@]43C)[C@@H]1CC[C@@H]2C(=O)NC(N)=O. The number of hydrogen-bond acceptors (Lipinski definition) is 3. The molecule has 0 aromatic rings. The van der Waals surface area contributed by atoms with Crippen molar-refractivity contribution in [1.29, 1.82) is 0 Å². The van der Waals surface area contributed by atoms with Crippen LogP contribution in [0.5, 0.6) is 0 Å². The van der Waals surface area contributed by atoms with Gasteiger partial charge in [-0.1, -0.05) is 19.4 Å². The summed E-state index contributed by atoms with van der Waals surface area (Å²) in [7, 11) is 0. The first-order chi connectivity index (χ1) is 12.3. The van der Waals surface area contributed by atoms with Gasteiger partial charge in [0.1, 0.15) is 0 Å².